The van der Waals surface area contributed by atoms with E-state index < -0.39 is 0 Å². The fraction of sp³-hybridized carbons (Fsp3) is 0.216. The van der Waals surface area contributed by atoms with Crippen molar-refractivity contribution in [3.8, 4) is 11.1 Å². The molecule has 0 aliphatic rings. The van der Waals surface area contributed by atoms with Gasteiger partial charge >= 0.3 is 5.97 Å². The van der Waals surface area contributed by atoms with E-state index in [9.17, 15) is 4.79 Å². The molecule has 0 N–H and O–H groups in total. The first-order chi connectivity index (χ1) is 19.7. The van der Waals surface area contributed by atoms with Crippen LogP contribution in [0, 0.1) is 0 Å². The molecule has 3 heteroatoms. The van der Waals surface area contributed by atoms with Gasteiger partial charge in [0.15, 0.2) is 0 Å². The van der Waals surface area contributed by atoms with Crippen LogP contribution in [0.15, 0.2) is 115 Å². The Balaban J connectivity index is 1.75. The molecule has 0 atom stereocenters. The number of ether oxygens (including phenoxy) is 1. The minimum atomic E-state index is -0.249. The maximum absolute atomic E-state index is 13.8. The molecule has 5 rings (SSSR count). The lowest BCUT2D eigenvalue weighted by atomic mass is 9.95. The summed E-state index contributed by atoms with van der Waals surface area (Å²) in [5.74, 6) is -0.249. The summed E-state index contributed by atoms with van der Waals surface area (Å²) in [5.41, 5.74) is 9.87. The molecule has 4 aromatic carbocycles. The highest BCUT2D eigenvalue weighted by Crippen LogP contribution is 2.37. The van der Waals surface area contributed by atoms with Gasteiger partial charge in [0.25, 0.3) is 0 Å². The smallest absolute Gasteiger partial charge is 0.340 e. The normalized spacial score (nSPS) is 10.9. The van der Waals surface area contributed by atoms with Gasteiger partial charge < -0.3 is 9.30 Å². The molecule has 0 unspecified atom stereocenters. The molecule has 0 spiro atoms. The van der Waals surface area contributed by atoms with E-state index in [1.165, 1.54) is 22.3 Å². The van der Waals surface area contributed by atoms with Crippen molar-refractivity contribution in [3.63, 3.8) is 0 Å². The SMILES string of the molecule is CCOC(=O)c1c(-c2ccc(CC)cc2)c(Cc2ccccc2)n(Cc2ccccc2)c1CCc1ccccc1. The van der Waals surface area contributed by atoms with Crippen molar-refractivity contribution in [1.29, 1.82) is 0 Å². The summed E-state index contributed by atoms with van der Waals surface area (Å²) in [6, 6.07) is 40.3. The van der Waals surface area contributed by atoms with E-state index >= 15 is 0 Å². The zero-order valence-corrected chi connectivity index (χ0v) is 23.5. The first kappa shape index (κ1) is 27.2. The van der Waals surface area contributed by atoms with Crippen LogP contribution in [-0.4, -0.2) is 17.1 Å². The number of rotatable bonds is 11. The van der Waals surface area contributed by atoms with Crippen LogP contribution >= 0.6 is 0 Å². The summed E-state index contributed by atoms with van der Waals surface area (Å²) in [6.07, 6.45) is 3.26. The third-order valence-electron chi connectivity index (χ3n) is 7.50. The molecule has 0 bridgehead atoms. The number of carbonyl (C=O) groups excluding carboxylic acids is 1. The molecular weight excluding hydrogens is 490 g/mol. The highest BCUT2D eigenvalue weighted by Gasteiger charge is 2.29. The molecule has 1 heterocycles. The average Bonchev–Trinajstić information content (AvgIpc) is 3.30. The monoisotopic (exact) mass is 527 g/mol. The summed E-state index contributed by atoms with van der Waals surface area (Å²) in [6.45, 7) is 5.07. The summed E-state index contributed by atoms with van der Waals surface area (Å²) >= 11 is 0. The van der Waals surface area contributed by atoms with E-state index in [0.29, 0.717) is 18.7 Å². The third-order valence-corrected chi connectivity index (χ3v) is 7.50. The van der Waals surface area contributed by atoms with Crippen LogP contribution in [0.25, 0.3) is 11.1 Å². The number of benzene rings is 4. The minimum absolute atomic E-state index is 0.249. The van der Waals surface area contributed by atoms with Crippen LogP contribution in [0.5, 0.6) is 0 Å². The Hall–Kier alpha value is -4.37. The number of hydrogen-bond acceptors (Lipinski definition) is 2. The molecule has 1 aromatic heterocycles. The van der Waals surface area contributed by atoms with Crippen LogP contribution in [0.4, 0.5) is 0 Å². The van der Waals surface area contributed by atoms with Crippen molar-refractivity contribution in [2.75, 3.05) is 6.61 Å². The van der Waals surface area contributed by atoms with Gasteiger partial charge in [0.2, 0.25) is 0 Å². The number of esters is 1. The lowest BCUT2D eigenvalue weighted by Gasteiger charge is -2.16. The predicted octanol–water partition coefficient (Wildman–Crippen LogP) is 8.32. The van der Waals surface area contributed by atoms with E-state index in [0.717, 1.165) is 48.2 Å². The zero-order chi connectivity index (χ0) is 27.7. The van der Waals surface area contributed by atoms with Gasteiger partial charge in [0.05, 0.1) is 12.2 Å². The lowest BCUT2D eigenvalue weighted by molar-refractivity contribution is 0.0525. The van der Waals surface area contributed by atoms with Crippen LogP contribution in [0.3, 0.4) is 0 Å². The first-order valence-corrected chi connectivity index (χ1v) is 14.3. The molecule has 0 aliphatic carbocycles. The van der Waals surface area contributed by atoms with Crippen molar-refractivity contribution in [3.05, 3.63) is 154 Å². The Morgan fingerprint density at radius 3 is 1.77 bits per heavy atom. The fourth-order valence-electron chi connectivity index (χ4n) is 5.46. The van der Waals surface area contributed by atoms with Crippen molar-refractivity contribution in [1.82, 2.24) is 4.57 Å². The summed E-state index contributed by atoms with van der Waals surface area (Å²) in [4.78, 5) is 13.8. The van der Waals surface area contributed by atoms with Gasteiger partial charge in [-0.05, 0) is 54.0 Å². The van der Waals surface area contributed by atoms with Gasteiger partial charge in [-0.2, -0.15) is 0 Å². The van der Waals surface area contributed by atoms with Crippen LogP contribution in [0.2, 0.25) is 0 Å². The number of aromatic nitrogens is 1. The average molecular weight is 528 g/mol. The summed E-state index contributed by atoms with van der Waals surface area (Å²) in [5, 5.41) is 0. The number of aryl methyl sites for hydroxylation is 2. The largest absolute Gasteiger partial charge is 0.462 e. The summed E-state index contributed by atoms with van der Waals surface area (Å²) in [7, 11) is 0. The van der Waals surface area contributed by atoms with Crippen molar-refractivity contribution < 1.29 is 9.53 Å². The van der Waals surface area contributed by atoms with Gasteiger partial charge in [0.1, 0.15) is 0 Å². The van der Waals surface area contributed by atoms with Crippen molar-refractivity contribution in [2.24, 2.45) is 0 Å². The molecule has 0 saturated carbocycles. The van der Waals surface area contributed by atoms with E-state index in [2.05, 4.69) is 109 Å². The highest BCUT2D eigenvalue weighted by atomic mass is 16.5. The second kappa shape index (κ2) is 13.1. The first-order valence-electron chi connectivity index (χ1n) is 14.3. The molecule has 3 nitrogen and oxygen atoms in total. The van der Waals surface area contributed by atoms with Gasteiger partial charge in [-0.25, -0.2) is 4.79 Å². The topological polar surface area (TPSA) is 31.2 Å². The number of nitrogens with zero attached hydrogens (tertiary/aromatic N) is 1. The summed E-state index contributed by atoms with van der Waals surface area (Å²) < 4.78 is 8.13. The molecule has 0 amide bonds. The molecule has 40 heavy (non-hydrogen) atoms. The predicted molar refractivity (Wildman–Crippen MR) is 164 cm³/mol. The maximum Gasteiger partial charge on any atom is 0.340 e. The fourth-order valence-corrected chi connectivity index (χ4v) is 5.46. The van der Waals surface area contributed by atoms with E-state index in [1.807, 2.05) is 25.1 Å². The Morgan fingerprint density at radius 1 is 0.625 bits per heavy atom. The number of carbonyl (C=O) groups is 1. The van der Waals surface area contributed by atoms with E-state index in [4.69, 9.17) is 4.74 Å². The molecule has 0 radical (unpaired) electrons. The zero-order valence-electron chi connectivity index (χ0n) is 23.5. The standard InChI is InChI=1S/C37H37NO2/c1-3-28-20-23-32(24-21-28)35-34(26-30-16-10-6-11-17-30)38(27-31-18-12-7-13-19-31)33(36(35)37(39)40-4-2)25-22-29-14-8-5-9-15-29/h5-21,23-24H,3-4,22,25-27H2,1-2H3. The Labute approximate surface area is 238 Å². The Morgan fingerprint density at radius 2 is 1.20 bits per heavy atom. The molecule has 0 fully saturated rings. The maximum atomic E-state index is 13.8. The molecule has 202 valence electrons. The second-order valence-electron chi connectivity index (χ2n) is 10.1. The quantitative estimate of drug-likeness (QED) is 0.162. The third kappa shape index (κ3) is 6.26. The van der Waals surface area contributed by atoms with Crippen LogP contribution in [0.1, 0.15) is 57.8 Å². The van der Waals surface area contributed by atoms with Crippen LogP contribution < -0.4 is 0 Å². The Kier molecular flexibility index (Phi) is 8.93. The van der Waals surface area contributed by atoms with E-state index in [1.54, 1.807) is 0 Å². The van der Waals surface area contributed by atoms with E-state index in [-0.39, 0.29) is 5.97 Å². The number of hydrogen-bond donors (Lipinski definition) is 0. The van der Waals surface area contributed by atoms with Gasteiger partial charge in [-0.15, -0.1) is 0 Å². The van der Waals surface area contributed by atoms with Crippen molar-refractivity contribution in [2.45, 2.75) is 46.1 Å². The van der Waals surface area contributed by atoms with Crippen molar-refractivity contribution >= 4 is 5.97 Å². The molecule has 5 aromatic rings. The highest BCUT2D eigenvalue weighted by molar-refractivity contribution is 6.00. The molecule has 0 aliphatic heterocycles. The second-order valence-corrected chi connectivity index (χ2v) is 10.1. The van der Waals surface area contributed by atoms with Gasteiger partial charge in [0, 0.05) is 29.9 Å². The molecular formula is C37H37NO2. The minimum Gasteiger partial charge on any atom is -0.462 e. The van der Waals surface area contributed by atoms with Gasteiger partial charge in [-0.1, -0.05) is 122 Å². The lowest BCUT2D eigenvalue weighted by Crippen LogP contribution is -2.13. The Bertz CT molecular complexity index is 1520. The van der Waals surface area contributed by atoms with Gasteiger partial charge in [-0.3, -0.25) is 0 Å². The molecule has 0 saturated heterocycles. The van der Waals surface area contributed by atoms with Crippen LogP contribution in [-0.2, 0) is 37.0 Å².